The van der Waals surface area contributed by atoms with Crippen LogP contribution in [0.1, 0.15) is 38.8 Å². The quantitative estimate of drug-likeness (QED) is 0.243. The van der Waals surface area contributed by atoms with Gasteiger partial charge in [0.2, 0.25) is 0 Å². The van der Waals surface area contributed by atoms with Crippen molar-refractivity contribution in [2.75, 3.05) is 20.8 Å². The SMILES string of the molecule is COc1ccc2[nH]c3c(c2c1)CCN(C(=O)c1ccc(OC)c(C(F)(F)F)c1)[C@H]3c1cc(F)c(F)cc1F. The Hall–Kier alpha value is -4.15. The Bertz CT molecular complexity index is 1560. The maximum absolute atomic E-state index is 15.1. The fraction of sp³-hybridized carbons (Fsp3) is 0.222. The van der Waals surface area contributed by atoms with Crippen molar-refractivity contribution in [2.45, 2.75) is 18.6 Å². The number of nitrogens with one attached hydrogen (secondary N) is 1. The van der Waals surface area contributed by atoms with Crippen LogP contribution >= 0.6 is 0 Å². The lowest BCUT2D eigenvalue weighted by Gasteiger charge is -2.36. The van der Waals surface area contributed by atoms with Gasteiger partial charge >= 0.3 is 6.18 Å². The molecule has 0 bridgehead atoms. The number of fused-ring (bicyclic) bond motifs is 3. The Labute approximate surface area is 212 Å². The van der Waals surface area contributed by atoms with Gasteiger partial charge in [-0.3, -0.25) is 4.79 Å². The summed E-state index contributed by atoms with van der Waals surface area (Å²) >= 11 is 0. The summed E-state index contributed by atoms with van der Waals surface area (Å²) < 4.78 is 94.1. The Morgan fingerprint density at radius 1 is 0.947 bits per heavy atom. The summed E-state index contributed by atoms with van der Waals surface area (Å²) in [6.45, 7) is -0.0352. The normalized spacial score (nSPS) is 15.5. The first-order valence-corrected chi connectivity index (χ1v) is 11.4. The van der Waals surface area contributed by atoms with Crippen LogP contribution in [0.5, 0.6) is 11.5 Å². The summed E-state index contributed by atoms with van der Waals surface area (Å²) in [6.07, 6.45) is -4.54. The molecule has 1 aliphatic rings. The summed E-state index contributed by atoms with van der Waals surface area (Å²) in [4.78, 5) is 17.9. The van der Waals surface area contributed by atoms with Crippen LogP contribution < -0.4 is 9.47 Å². The maximum Gasteiger partial charge on any atom is 0.419 e. The van der Waals surface area contributed by atoms with Crippen molar-refractivity contribution < 1.29 is 40.6 Å². The van der Waals surface area contributed by atoms with Gasteiger partial charge in [-0.15, -0.1) is 0 Å². The van der Waals surface area contributed by atoms with E-state index in [0.29, 0.717) is 40.7 Å². The molecule has 0 saturated heterocycles. The van der Waals surface area contributed by atoms with Crippen molar-refractivity contribution in [3.05, 3.63) is 93.9 Å². The van der Waals surface area contributed by atoms with E-state index in [2.05, 4.69) is 4.98 Å². The number of benzene rings is 3. The molecule has 0 spiro atoms. The van der Waals surface area contributed by atoms with Gasteiger partial charge < -0.3 is 19.4 Å². The number of hydrogen-bond donors (Lipinski definition) is 1. The van der Waals surface area contributed by atoms with Gasteiger partial charge in [-0.25, -0.2) is 13.2 Å². The summed E-state index contributed by atoms with van der Waals surface area (Å²) in [5.41, 5.74) is -0.169. The predicted molar refractivity (Wildman–Crippen MR) is 126 cm³/mol. The minimum Gasteiger partial charge on any atom is -0.497 e. The van der Waals surface area contributed by atoms with Gasteiger partial charge in [-0.1, -0.05) is 0 Å². The zero-order chi connectivity index (χ0) is 27.4. The molecule has 0 aliphatic carbocycles. The number of H-pyrrole nitrogens is 1. The molecule has 1 amide bonds. The smallest absolute Gasteiger partial charge is 0.419 e. The molecule has 0 fully saturated rings. The Morgan fingerprint density at radius 3 is 2.37 bits per heavy atom. The van der Waals surface area contributed by atoms with Crippen LogP contribution in [-0.4, -0.2) is 36.6 Å². The molecule has 5 rings (SSSR count). The first-order valence-electron chi connectivity index (χ1n) is 11.4. The van der Waals surface area contributed by atoms with Gasteiger partial charge in [0.25, 0.3) is 5.91 Å². The molecule has 0 unspecified atom stereocenters. The second-order valence-electron chi connectivity index (χ2n) is 8.78. The standard InChI is InChI=1S/C27H20F6N2O3/c1-37-14-4-5-22-16(10-14)15-7-8-35(25(24(15)34-22)17-11-20(29)21(30)12-19(17)28)26(36)13-3-6-23(38-2)18(9-13)27(31,32)33/h3-6,9-12,25,34H,7-8H2,1-2H3/t25-/m0/s1. The van der Waals surface area contributed by atoms with E-state index in [1.807, 2.05) is 0 Å². The maximum atomic E-state index is 15.1. The summed E-state index contributed by atoms with van der Waals surface area (Å²) in [6, 6.07) is 7.76. The molecule has 2 heterocycles. The van der Waals surface area contributed by atoms with E-state index in [0.717, 1.165) is 23.5 Å². The molecule has 1 aliphatic heterocycles. The van der Waals surface area contributed by atoms with Gasteiger partial charge in [-0.2, -0.15) is 13.2 Å². The third-order valence-corrected chi connectivity index (χ3v) is 6.68. The molecule has 1 atom stereocenters. The molecule has 1 aromatic heterocycles. The lowest BCUT2D eigenvalue weighted by Crippen LogP contribution is -2.41. The second-order valence-corrected chi connectivity index (χ2v) is 8.78. The van der Waals surface area contributed by atoms with Crippen LogP contribution in [0.15, 0.2) is 48.5 Å². The number of aromatic amines is 1. The number of hydrogen-bond acceptors (Lipinski definition) is 3. The predicted octanol–water partition coefficient (Wildman–Crippen LogP) is 6.41. The van der Waals surface area contributed by atoms with Gasteiger partial charge in [0, 0.05) is 40.3 Å². The molecule has 3 aromatic carbocycles. The number of aromatic nitrogens is 1. The van der Waals surface area contributed by atoms with Crippen LogP contribution in [0.2, 0.25) is 0 Å². The Balaban J connectivity index is 1.69. The van der Waals surface area contributed by atoms with Gasteiger partial charge in [-0.05, 0) is 54.4 Å². The van der Waals surface area contributed by atoms with Crippen LogP contribution in [0.25, 0.3) is 10.9 Å². The van der Waals surface area contributed by atoms with Crippen molar-refractivity contribution >= 4 is 16.8 Å². The highest BCUT2D eigenvalue weighted by atomic mass is 19.4. The minimum absolute atomic E-state index is 0.0352. The van der Waals surface area contributed by atoms with E-state index in [4.69, 9.17) is 9.47 Å². The molecule has 0 radical (unpaired) electrons. The molecule has 1 N–H and O–H groups in total. The second kappa shape index (κ2) is 9.30. The Kier molecular flexibility index (Phi) is 6.24. The highest BCUT2D eigenvalue weighted by Gasteiger charge is 2.39. The topological polar surface area (TPSA) is 54.6 Å². The largest absolute Gasteiger partial charge is 0.497 e. The highest BCUT2D eigenvalue weighted by Crippen LogP contribution is 2.42. The van der Waals surface area contributed by atoms with E-state index in [9.17, 15) is 26.7 Å². The van der Waals surface area contributed by atoms with E-state index >= 15 is 4.39 Å². The molecular weight excluding hydrogens is 514 g/mol. The number of alkyl halides is 3. The molecule has 38 heavy (non-hydrogen) atoms. The van der Waals surface area contributed by atoms with Crippen LogP contribution in [-0.2, 0) is 12.6 Å². The van der Waals surface area contributed by atoms with Gasteiger partial charge in [0.15, 0.2) is 11.6 Å². The van der Waals surface area contributed by atoms with Crippen molar-refractivity contribution in [1.29, 1.82) is 0 Å². The van der Waals surface area contributed by atoms with E-state index in [1.165, 1.54) is 13.2 Å². The number of halogens is 6. The third kappa shape index (κ3) is 4.21. The summed E-state index contributed by atoms with van der Waals surface area (Å²) in [5, 5.41) is 0.725. The van der Waals surface area contributed by atoms with Crippen molar-refractivity contribution in [3.8, 4) is 11.5 Å². The summed E-state index contributed by atoms with van der Waals surface area (Å²) in [7, 11) is 2.56. The average molecular weight is 534 g/mol. The lowest BCUT2D eigenvalue weighted by molar-refractivity contribution is -0.138. The molecular formula is C27H20F6N2O3. The van der Waals surface area contributed by atoms with E-state index in [1.54, 1.807) is 18.2 Å². The van der Waals surface area contributed by atoms with Crippen LogP contribution in [0.3, 0.4) is 0 Å². The molecule has 11 heteroatoms. The number of carbonyl (C=O) groups is 1. The van der Waals surface area contributed by atoms with E-state index < -0.39 is 46.9 Å². The number of methoxy groups -OCH3 is 2. The number of nitrogens with zero attached hydrogens (tertiary/aromatic N) is 1. The first-order chi connectivity index (χ1) is 18.0. The molecule has 5 nitrogen and oxygen atoms in total. The lowest BCUT2D eigenvalue weighted by atomic mass is 9.91. The first kappa shape index (κ1) is 25.5. The zero-order valence-electron chi connectivity index (χ0n) is 20.1. The molecule has 4 aromatic rings. The number of rotatable bonds is 4. The average Bonchev–Trinajstić information content (AvgIpc) is 3.27. The fourth-order valence-corrected chi connectivity index (χ4v) is 4.91. The number of ether oxygens (including phenoxy) is 2. The molecule has 198 valence electrons. The van der Waals surface area contributed by atoms with Crippen LogP contribution in [0.4, 0.5) is 26.3 Å². The van der Waals surface area contributed by atoms with Crippen molar-refractivity contribution in [3.63, 3.8) is 0 Å². The van der Waals surface area contributed by atoms with E-state index in [-0.39, 0.29) is 24.1 Å². The monoisotopic (exact) mass is 534 g/mol. The number of carbonyl (C=O) groups excluding carboxylic acids is 1. The third-order valence-electron chi connectivity index (χ3n) is 6.68. The minimum atomic E-state index is -4.81. The van der Waals surface area contributed by atoms with Gasteiger partial charge in [0.1, 0.15) is 23.4 Å². The zero-order valence-corrected chi connectivity index (χ0v) is 20.1. The van der Waals surface area contributed by atoms with Gasteiger partial charge in [0.05, 0.1) is 19.8 Å². The molecule has 0 saturated carbocycles. The number of amides is 1. The summed E-state index contributed by atoms with van der Waals surface area (Å²) in [5.74, 6) is -4.63. The van der Waals surface area contributed by atoms with Crippen molar-refractivity contribution in [1.82, 2.24) is 9.88 Å². The van der Waals surface area contributed by atoms with Crippen LogP contribution in [0, 0.1) is 17.5 Å². The Morgan fingerprint density at radius 2 is 1.68 bits per heavy atom. The van der Waals surface area contributed by atoms with Crippen molar-refractivity contribution in [2.24, 2.45) is 0 Å². The fourth-order valence-electron chi connectivity index (χ4n) is 4.91. The highest BCUT2D eigenvalue weighted by molar-refractivity contribution is 5.96.